The van der Waals surface area contributed by atoms with Gasteiger partial charge in [0.15, 0.2) is 6.04 Å². The Hall–Kier alpha value is -3.53. The average Bonchev–Trinajstić information content (AvgIpc) is 2.77. The van der Waals surface area contributed by atoms with Crippen molar-refractivity contribution in [1.29, 1.82) is 0 Å². The summed E-state index contributed by atoms with van der Waals surface area (Å²) in [6.45, 7) is 9.41. The summed E-state index contributed by atoms with van der Waals surface area (Å²) >= 11 is 0. The standard InChI is InChI=1S/C28H28FNO2/c1-5-24(20-16-18-23(29)19-17-20)26(27(31)32-28(2,3)4)30-25(21-12-8-6-9-13-21)22-14-10-7-11-15-22/h5-19,24,26H,1H2,2-4H3/t24-,26-/m0/s1. The Labute approximate surface area is 189 Å². The van der Waals surface area contributed by atoms with Crippen LogP contribution in [0.15, 0.2) is 103 Å². The summed E-state index contributed by atoms with van der Waals surface area (Å²) in [6.07, 6.45) is 1.67. The molecule has 0 unspecified atom stereocenters. The third-order valence-corrected chi connectivity index (χ3v) is 4.86. The minimum atomic E-state index is -0.896. The molecule has 164 valence electrons. The first-order valence-electron chi connectivity index (χ1n) is 10.6. The number of carbonyl (C=O) groups is 1. The van der Waals surface area contributed by atoms with Gasteiger partial charge in [0, 0.05) is 17.0 Å². The molecule has 3 aromatic rings. The van der Waals surface area contributed by atoms with Gasteiger partial charge in [0.2, 0.25) is 0 Å². The lowest BCUT2D eigenvalue weighted by molar-refractivity contribution is -0.156. The number of nitrogens with zero attached hydrogens (tertiary/aromatic N) is 1. The molecule has 0 saturated heterocycles. The summed E-state index contributed by atoms with van der Waals surface area (Å²) < 4.78 is 19.3. The second-order valence-corrected chi connectivity index (χ2v) is 8.50. The second kappa shape index (κ2) is 10.2. The molecule has 32 heavy (non-hydrogen) atoms. The molecule has 0 aliphatic carbocycles. The topological polar surface area (TPSA) is 38.7 Å². The van der Waals surface area contributed by atoms with Gasteiger partial charge in [-0.15, -0.1) is 6.58 Å². The van der Waals surface area contributed by atoms with Crippen molar-refractivity contribution < 1.29 is 13.9 Å². The van der Waals surface area contributed by atoms with Crippen LogP contribution in [-0.2, 0) is 9.53 Å². The molecule has 0 fully saturated rings. The largest absolute Gasteiger partial charge is 0.458 e. The minimum Gasteiger partial charge on any atom is -0.458 e. The fourth-order valence-corrected chi connectivity index (χ4v) is 3.42. The van der Waals surface area contributed by atoms with Crippen LogP contribution in [0, 0.1) is 5.82 Å². The lowest BCUT2D eigenvalue weighted by atomic mass is 9.90. The molecule has 0 spiro atoms. The van der Waals surface area contributed by atoms with E-state index in [-0.39, 0.29) is 5.82 Å². The number of benzene rings is 3. The highest BCUT2D eigenvalue weighted by Gasteiger charge is 2.32. The molecule has 3 rings (SSSR count). The van der Waals surface area contributed by atoms with E-state index in [4.69, 9.17) is 9.73 Å². The Kier molecular flexibility index (Phi) is 7.37. The molecule has 3 nitrogen and oxygen atoms in total. The lowest BCUT2D eigenvalue weighted by Gasteiger charge is -2.26. The molecule has 0 N–H and O–H groups in total. The zero-order valence-electron chi connectivity index (χ0n) is 18.7. The van der Waals surface area contributed by atoms with Gasteiger partial charge in [-0.1, -0.05) is 78.9 Å². The number of ether oxygens (including phenoxy) is 1. The van der Waals surface area contributed by atoms with E-state index in [0.29, 0.717) is 5.71 Å². The van der Waals surface area contributed by atoms with Crippen molar-refractivity contribution >= 4 is 11.7 Å². The Bertz CT molecular complexity index is 1030. The first-order chi connectivity index (χ1) is 15.3. The average molecular weight is 430 g/mol. The number of rotatable bonds is 7. The van der Waals surface area contributed by atoms with Crippen LogP contribution in [0.1, 0.15) is 43.4 Å². The molecule has 0 bridgehead atoms. The fraction of sp³-hybridized carbons (Fsp3) is 0.214. The van der Waals surface area contributed by atoms with Gasteiger partial charge < -0.3 is 4.74 Å². The van der Waals surface area contributed by atoms with Crippen LogP contribution in [0.25, 0.3) is 0 Å². The van der Waals surface area contributed by atoms with Crippen molar-refractivity contribution in [3.8, 4) is 0 Å². The Morgan fingerprint density at radius 3 is 1.84 bits per heavy atom. The molecule has 0 aliphatic rings. The molecule has 2 atom stereocenters. The van der Waals surface area contributed by atoms with Crippen molar-refractivity contribution in [3.63, 3.8) is 0 Å². The Morgan fingerprint density at radius 1 is 0.906 bits per heavy atom. The summed E-state index contributed by atoms with van der Waals surface area (Å²) in [6, 6.07) is 24.6. The molecule has 4 heteroatoms. The van der Waals surface area contributed by atoms with E-state index < -0.39 is 23.5 Å². The van der Waals surface area contributed by atoms with E-state index in [9.17, 15) is 9.18 Å². The zero-order valence-corrected chi connectivity index (χ0v) is 18.7. The first-order valence-corrected chi connectivity index (χ1v) is 10.6. The van der Waals surface area contributed by atoms with E-state index in [2.05, 4.69) is 6.58 Å². The predicted octanol–water partition coefficient (Wildman–Crippen LogP) is 6.34. The van der Waals surface area contributed by atoms with Crippen molar-refractivity contribution in [3.05, 3.63) is 120 Å². The van der Waals surface area contributed by atoms with Gasteiger partial charge in [-0.2, -0.15) is 0 Å². The van der Waals surface area contributed by atoms with Gasteiger partial charge in [-0.3, -0.25) is 4.99 Å². The van der Waals surface area contributed by atoms with Crippen LogP contribution in [0.4, 0.5) is 4.39 Å². The van der Waals surface area contributed by atoms with Crippen LogP contribution in [0.2, 0.25) is 0 Å². The second-order valence-electron chi connectivity index (χ2n) is 8.50. The molecule has 3 aromatic carbocycles. The molecule has 0 amide bonds. The van der Waals surface area contributed by atoms with Crippen molar-refractivity contribution in [1.82, 2.24) is 0 Å². The lowest BCUT2D eigenvalue weighted by Crippen LogP contribution is -2.35. The number of esters is 1. The maximum Gasteiger partial charge on any atom is 0.332 e. The molecular weight excluding hydrogens is 401 g/mol. The zero-order chi connectivity index (χ0) is 23.1. The van der Waals surface area contributed by atoms with E-state index in [1.165, 1.54) is 12.1 Å². The summed E-state index contributed by atoms with van der Waals surface area (Å²) in [5.41, 5.74) is 2.50. The number of hydrogen-bond donors (Lipinski definition) is 0. The molecule has 0 aliphatic heterocycles. The number of aliphatic imine (C=N–C) groups is 1. The summed E-state index contributed by atoms with van der Waals surface area (Å²) in [4.78, 5) is 18.3. The van der Waals surface area contributed by atoms with Crippen LogP contribution < -0.4 is 0 Å². The monoisotopic (exact) mass is 429 g/mol. The van der Waals surface area contributed by atoms with Gasteiger partial charge in [0.05, 0.1) is 5.71 Å². The van der Waals surface area contributed by atoms with E-state index >= 15 is 0 Å². The summed E-state index contributed by atoms with van der Waals surface area (Å²) in [5, 5.41) is 0. The van der Waals surface area contributed by atoms with Crippen LogP contribution in [0.5, 0.6) is 0 Å². The number of halogens is 1. The summed E-state index contributed by atoms with van der Waals surface area (Å²) in [7, 11) is 0. The van der Waals surface area contributed by atoms with Crippen molar-refractivity contribution in [2.75, 3.05) is 0 Å². The third kappa shape index (κ3) is 6.01. The summed E-state index contributed by atoms with van der Waals surface area (Å²) in [5.74, 6) is -1.30. The van der Waals surface area contributed by atoms with Gasteiger partial charge in [-0.25, -0.2) is 9.18 Å². The van der Waals surface area contributed by atoms with Crippen LogP contribution in [-0.4, -0.2) is 23.3 Å². The number of carbonyl (C=O) groups excluding carboxylic acids is 1. The van der Waals surface area contributed by atoms with Crippen LogP contribution >= 0.6 is 0 Å². The molecule has 0 aromatic heterocycles. The Balaban J connectivity index is 2.17. The molecule has 0 radical (unpaired) electrons. The Morgan fingerprint density at radius 2 is 1.41 bits per heavy atom. The first kappa shape index (κ1) is 23.1. The van der Waals surface area contributed by atoms with E-state index in [1.807, 2.05) is 81.4 Å². The van der Waals surface area contributed by atoms with Gasteiger partial charge >= 0.3 is 5.97 Å². The van der Waals surface area contributed by atoms with E-state index in [0.717, 1.165) is 16.7 Å². The van der Waals surface area contributed by atoms with E-state index in [1.54, 1.807) is 18.2 Å². The molecular formula is C28H28FNO2. The SMILES string of the molecule is C=C[C@@H](c1ccc(F)cc1)[C@H](N=C(c1ccccc1)c1ccccc1)C(=O)OC(C)(C)C. The smallest absolute Gasteiger partial charge is 0.332 e. The highest BCUT2D eigenvalue weighted by Crippen LogP contribution is 2.28. The number of hydrogen-bond acceptors (Lipinski definition) is 3. The van der Waals surface area contributed by atoms with Gasteiger partial charge in [0.1, 0.15) is 11.4 Å². The maximum absolute atomic E-state index is 13.5. The maximum atomic E-state index is 13.5. The van der Waals surface area contributed by atoms with Crippen molar-refractivity contribution in [2.45, 2.75) is 38.3 Å². The van der Waals surface area contributed by atoms with Crippen LogP contribution in [0.3, 0.4) is 0 Å². The highest BCUT2D eigenvalue weighted by atomic mass is 19.1. The normalized spacial score (nSPS) is 13.0. The fourth-order valence-electron chi connectivity index (χ4n) is 3.42. The minimum absolute atomic E-state index is 0.344. The third-order valence-electron chi connectivity index (χ3n) is 4.86. The molecule has 0 heterocycles. The van der Waals surface area contributed by atoms with Gasteiger partial charge in [0.25, 0.3) is 0 Å². The molecule has 0 saturated carbocycles. The quantitative estimate of drug-likeness (QED) is 0.250. The highest BCUT2D eigenvalue weighted by molar-refractivity contribution is 6.13. The van der Waals surface area contributed by atoms with Crippen molar-refractivity contribution in [2.24, 2.45) is 4.99 Å². The predicted molar refractivity (Wildman–Crippen MR) is 127 cm³/mol. The van der Waals surface area contributed by atoms with Gasteiger partial charge in [-0.05, 0) is 38.5 Å².